The fraction of sp³-hybridized carbons (Fsp3) is 0.652. The summed E-state index contributed by atoms with van der Waals surface area (Å²) in [6.45, 7) is 2.76. The molecule has 202 valence electrons. The minimum absolute atomic E-state index is 0.00927. The number of amides is 1. The van der Waals surface area contributed by atoms with Gasteiger partial charge in [0.05, 0.1) is 18.8 Å². The van der Waals surface area contributed by atoms with E-state index in [1.54, 1.807) is 11.1 Å². The molecule has 2 aromatic rings. The van der Waals surface area contributed by atoms with Gasteiger partial charge < -0.3 is 14.4 Å². The van der Waals surface area contributed by atoms with E-state index in [0.717, 1.165) is 15.8 Å². The molecule has 0 radical (unpaired) electrons. The number of piperidine rings is 1. The van der Waals surface area contributed by atoms with Crippen molar-refractivity contribution >= 4 is 11.6 Å². The average Bonchev–Trinajstić information content (AvgIpc) is 3.26. The van der Waals surface area contributed by atoms with Gasteiger partial charge in [0.1, 0.15) is 0 Å². The molecule has 8 nitrogen and oxygen atoms in total. The molecule has 0 saturated carbocycles. The van der Waals surface area contributed by atoms with Crippen LogP contribution in [-0.4, -0.2) is 74.4 Å². The molecule has 3 aliphatic heterocycles. The van der Waals surface area contributed by atoms with Crippen molar-refractivity contribution in [2.45, 2.75) is 51.8 Å². The summed E-state index contributed by atoms with van der Waals surface area (Å²) in [5, 5.41) is 6.93. The second kappa shape index (κ2) is 9.44. The first-order valence-electron chi connectivity index (χ1n) is 12.2. The number of hydrogen-bond donors (Lipinski definition) is 0. The second-order valence-corrected chi connectivity index (χ2v) is 10.00. The average molecular weight is 532 g/mol. The van der Waals surface area contributed by atoms with Crippen molar-refractivity contribution in [3.05, 3.63) is 35.2 Å². The molecule has 0 unspecified atom stereocenters. The zero-order chi connectivity index (χ0) is 26.5. The first-order valence-corrected chi connectivity index (χ1v) is 12.2. The zero-order valence-corrected chi connectivity index (χ0v) is 20.2. The predicted molar refractivity (Wildman–Crippen MR) is 119 cm³/mol. The van der Waals surface area contributed by atoms with E-state index < -0.39 is 24.7 Å². The number of rotatable bonds is 3. The Balaban J connectivity index is 1.24. The van der Waals surface area contributed by atoms with Crippen LogP contribution in [0, 0.1) is 11.8 Å². The molecule has 1 amide bonds. The lowest BCUT2D eigenvalue weighted by Gasteiger charge is -2.41. The van der Waals surface area contributed by atoms with Gasteiger partial charge in [-0.15, -0.1) is 10.2 Å². The van der Waals surface area contributed by atoms with Gasteiger partial charge in [-0.2, -0.15) is 26.3 Å². The van der Waals surface area contributed by atoms with Crippen LogP contribution in [0.2, 0.25) is 0 Å². The first kappa shape index (κ1) is 25.7. The Morgan fingerprint density at radius 1 is 1.05 bits per heavy atom. The molecule has 1 fully saturated rings. The second-order valence-electron chi connectivity index (χ2n) is 10.00. The number of carbonyl (C=O) groups excluding carboxylic acids is 1. The first-order chi connectivity index (χ1) is 17.4. The van der Waals surface area contributed by atoms with Crippen molar-refractivity contribution in [1.29, 1.82) is 0 Å². The molecule has 0 bridgehead atoms. The molecule has 3 aliphatic rings. The molecule has 0 aliphatic carbocycles. The number of carbonyl (C=O) groups is 1. The van der Waals surface area contributed by atoms with Crippen LogP contribution in [-0.2, 0) is 37.0 Å². The molecule has 2 atom stereocenters. The highest BCUT2D eigenvalue weighted by Gasteiger charge is 2.41. The van der Waals surface area contributed by atoms with Crippen LogP contribution in [0.4, 0.5) is 32.0 Å². The summed E-state index contributed by atoms with van der Waals surface area (Å²) >= 11 is 0. The van der Waals surface area contributed by atoms with Gasteiger partial charge >= 0.3 is 12.4 Å². The van der Waals surface area contributed by atoms with Crippen molar-refractivity contribution in [3.63, 3.8) is 0 Å². The summed E-state index contributed by atoms with van der Waals surface area (Å²) < 4.78 is 78.9. The van der Waals surface area contributed by atoms with E-state index >= 15 is 0 Å². The number of hydrogen-bond acceptors (Lipinski definition) is 6. The Morgan fingerprint density at radius 3 is 2.54 bits per heavy atom. The van der Waals surface area contributed by atoms with Crippen molar-refractivity contribution < 1.29 is 31.1 Å². The maximum absolute atomic E-state index is 13.3. The van der Waals surface area contributed by atoms with E-state index in [-0.39, 0.29) is 49.7 Å². The van der Waals surface area contributed by atoms with Crippen molar-refractivity contribution in [2.75, 3.05) is 37.6 Å². The smallest absolute Gasteiger partial charge is 0.371 e. The van der Waals surface area contributed by atoms with E-state index in [9.17, 15) is 31.1 Å². The summed E-state index contributed by atoms with van der Waals surface area (Å²) in [7, 11) is 0. The number of aromatic nitrogens is 4. The van der Waals surface area contributed by atoms with Crippen LogP contribution in [0.1, 0.15) is 36.3 Å². The Kier molecular flexibility index (Phi) is 6.57. The molecule has 5 rings (SSSR count). The highest BCUT2D eigenvalue weighted by molar-refractivity contribution is 5.79. The SMILES string of the molecule is C[C@@H]1CN(c2ccnc3c2CCN(CC(F)(F)F)C3)CC[C@@H]1C(=O)N1CCn2c(nnc2C(F)(F)F)C1. The fourth-order valence-electron chi connectivity index (χ4n) is 5.70. The monoisotopic (exact) mass is 531 g/mol. The quantitative estimate of drug-likeness (QED) is 0.567. The molecule has 0 spiro atoms. The van der Waals surface area contributed by atoms with E-state index in [0.29, 0.717) is 38.2 Å². The van der Waals surface area contributed by atoms with Crippen molar-refractivity contribution in [3.8, 4) is 0 Å². The van der Waals surface area contributed by atoms with Gasteiger partial charge in [-0.3, -0.25) is 14.7 Å². The molecule has 5 heterocycles. The minimum atomic E-state index is -4.60. The van der Waals surface area contributed by atoms with E-state index in [4.69, 9.17) is 0 Å². The van der Waals surface area contributed by atoms with E-state index in [1.165, 1.54) is 4.90 Å². The van der Waals surface area contributed by atoms with Gasteiger partial charge in [0.25, 0.3) is 0 Å². The van der Waals surface area contributed by atoms with Crippen molar-refractivity contribution in [2.24, 2.45) is 11.8 Å². The topological polar surface area (TPSA) is 70.4 Å². The minimum Gasteiger partial charge on any atom is -0.371 e. The van der Waals surface area contributed by atoms with Gasteiger partial charge in [-0.1, -0.05) is 6.92 Å². The third-order valence-corrected chi connectivity index (χ3v) is 7.46. The summed E-state index contributed by atoms with van der Waals surface area (Å²) in [5.41, 5.74) is 2.54. The van der Waals surface area contributed by atoms with Crippen LogP contribution in [0.25, 0.3) is 0 Å². The van der Waals surface area contributed by atoms with Crippen LogP contribution < -0.4 is 4.90 Å². The van der Waals surface area contributed by atoms with Crippen LogP contribution >= 0.6 is 0 Å². The van der Waals surface area contributed by atoms with Gasteiger partial charge in [-0.25, -0.2) is 0 Å². The number of alkyl halides is 6. The molecule has 14 heteroatoms. The molecule has 1 saturated heterocycles. The largest absolute Gasteiger partial charge is 0.451 e. The number of nitrogens with zero attached hydrogens (tertiary/aromatic N) is 7. The summed E-state index contributed by atoms with van der Waals surface area (Å²) in [6.07, 6.45) is -6.21. The number of anilines is 1. The fourth-order valence-corrected chi connectivity index (χ4v) is 5.70. The lowest BCUT2D eigenvalue weighted by atomic mass is 9.85. The third-order valence-electron chi connectivity index (χ3n) is 7.46. The van der Waals surface area contributed by atoms with Gasteiger partial charge in [-0.05, 0) is 30.4 Å². The maximum Gasteiger partial charge on any atom is 0.451 e. The third kappa shape index (κ3) is 5.25. The Bertz CT molecular complexity index is 1160. The molecular formula is C23H27F6N7O. The van der Waals surface area contributed by atoms with E-state index in [2.05, 4.69) is 20.1 Å². The maximum atomic E-state index is 13.3. The molecule has 37 heavy (non-hydrogen) atoms. The Labute approximate surface area is 209 Å². The van der Waals surface area contributed by atoms with Gasteiger partial charge in [0.2, 0.25) is 11.7 Å². The highest BCUT2D eigenvalue weighted by atomic mass is 19.4. The summed E-state index contributed by atoms with van der Waals surface area (Å²) in [5.74, 6) is -1.33. The number of pyridine rings is 1. The predicted octanol–water partition coefficient (Wildman–Crippen LogP) is 3.12. The molecule has 0 aromatic carbocycles. The van der Waals surface area contributed by atoms with Crippen LogP contribution in [0.5, 0.6) is 0 Å². The summed E-state index contributed by atoms with van der Waals surface area (Å²) in [4.78, 5) is 22.7. The molecule has 0 N–H and O–H groups in total. The number of halogens is 6. The normalized spacial score (nSPS) is 23.1. The van der Waals surface area contributed by atoms with Crippen molar-refractivity contribution in [1.82, 2.24) is 29.5 Å². The Morgan fingerprint density at radius 2 is 1.84 bits per heavy atom. The van der Waals surface area contributed by atoms with Gasteiger partial charge in [0.15, 0.2) is 5.82 Å². The standard InChI is InChI=1S/C23H27F6N7O/c1-14-10-34(18-2-5-30-17-11-33(6-3-16(17)18)13-22(24,25)26)7-4-15(14)20(37)35-8-9-36-19(12-35)31-32-21(36)23(27,28)29/h2,5,14-15H,3-4,6-13H2,1H3/t14-,15+/m1/s1. The summed E-state index contributed by atoms with van der Waals surface area (Å²) in [6, 6.07) is 1.88. The lowest BCUT2D eigenvalue weighted by Crippen LogP contribution is -2.49. The number of fused-ring (bicyclic) bond motifs is 2. The lowest BCUT2D eigenvalue weighted by molar-refractivity contribution is -0.149. The molecule has 2 aromatic heterocycles. The Hall–Kier alpha value is -2.90. The van der Waals surface area contributed by atoms with Crippen LogP contribution in [0.15, 0.2) is 12.3 Å². The van der Waals surface area contributed by atoms with Gasteiger partial charge in [0, 0.05) is 57.1 Å². The van der Waals surface area contributed by atoms with Crippen LogP contribution in [0.3, 0.4) is 0 Å². The highest BCUT2D eigenvalue weighted by Crippen LogP contribution is 2.35. The molecular weight excluding hydrogens is 504 g/mol. The van der Waals surface area contributed by atoms with E-state index in [1.807, 2.05) is 13.0 Å². The zero-order valence-electron chi connectivity index (χ0n) is 20.2.